The Morgan fingerprint density at radius 2 is 0.930 bits per heavy atom. The zero-order chi connectivity index (χ0) is 37.5. The molecule has 2 aliphatic rings. The summed E-state index contributed by atoms with van der Waals surface area (Å²) in [6, 6.07) is 77.4. The fourth-order valence-corrected chi connectivity index (χ4v) is 10.0. The van der Waals surface area contributed by atoms with Crippen LogP contribution >= 0.6 is 0 Å². The number of rotatable bonds is 4. The van der Waals surface area contributed by atoms with Gasteiger partial charge in [-0.15, -0.1) is 0 Å². The molecular formula is C55H35NO. The summed E-state index contributed by atoms with van der Waals surface area (Å²) in [5.41, 5.74) is 12.7. The second-order valence-corrected chi connectivity index (χ2v) is 15.1. The van der Waals surface area contributed by atoms with Crippen molar-refractivity contribution in [3.05, 3.63) is 235 Å². The molecular weight excluding hydrogens is 691 g/mol. The first kappa shape index (κ1) is 31.9. The molecule has 0 saturated heterocycles. The summed E-state index contributed by atoms with van der Waals surface area (Å²) >= 11 is 0. The van der Waals surface area contributed by atoms with Gasteiger partial charge in [-0.25, -0.2) is 0 Å². The quantitative estimate of drug-likeness (QED) is 0.179. The van der Waals surface area contributed by atoms with Gasteiger partial charge >= 0.3 is 0 Å². The molecule has 0 bridgehead atoms. The van der Waals surface area contributed by atoms with E-state index in [0.717, 1.165) is 33.9 Å². The molecule has 0 amide bonds. The molecule has 1 aliphatic heterocycles. The minimum absolute atomic E-state index is 0.565. The van der Waals surface area contributed by atoms with Crippen LogP contribution in [0.25, 0.3) is 54.6 Å². The molecule has 1 aliphatic carbocycles. The van der Waals surface area contributed by atoms with Crippen molar-refractivity contribution in [2.24, 2.45) is 0 Å². The van der Waals surface area contributed by atoms with Gasteiger partial charge in [-0.1, -0.05) is 182 Å². The van der Waals surface area contributed by atoms with Crippen LogP contribution in [0.1, 0.15) is 22.3 Å². The molecule has 1 heterocycles. The van der Waals surface area contributed by atoms with Crippen LogP contribution < -0.4 is 9.64 Å². The second-order valence-electron chi connectivity index (χ2n) is 15.1. The van der Waals surface area contributed by atoms with Crippen molar-refractivity contribution >= 4 is 49.4 Å². The maximum Gasteiger partial charge on any atom is 0.140 e. The zero-order valence-electron chi connectivity index (χ0n) is 31.1. The predicted molar refractivity (Wildman–Crippen MR) is 236 cm³/mol. The van der Waals surface area contributed by atoms with Crippen molar-refractivity contribution in [3.63, 3.8) is 0 Å². The molecule has 10 aromatic rings. The Balaban J connectivity index is 1.14. The molecule has 2 nitrogen and oxygen atoms in total. The maximum absolute atomic E-state index is 6.91. The Labute approximate surface area is 331 Å². The molecule has 12 rings (SSSR count). The molecule has 0 N–H and O–H groups in total. The summed E-state index contributed by atoms with van der Waals surface area (Å²) in [6.07, 6.45) is 0. The molecule has 0 fully saturated rings. The van der Waals surface area contributed by atoms with E-state index in [2.05, 4.69) is 217 Å². The molecule has 0 aromatic heterocycles. The third-order valence-electron chi connectivity index (χ3n) is 12.3. The fraction of sp³-hybridized carbons (Fsp3) is 0.0182. The Bertz CT molecular complexity index is 3230. The lowest BCUT2D eigenvalue weighted by molar-refractivity contribution is 0.441. The highest BCUT2D eigenvalue weighted by atomic mass is 16.5. The zero-order valence-corrected chi connectivity index (χ0v) is 31.1. The van der Waals surface area contributed by atoms with E-state index in [-0.39, 0.29) is 0 Å². The summed E-state index contributed by atoms with van der Waals surface area (Å²) < 4.78 is 6.91. The largest absolute Gasteiger partial charge is 0.456 e. The number of hydrogen-bond acceptors (Lipinski definition) is 2. The monoisotopic (exact) mass is 725 g/mol. The Hall–Kier alpha value is -7.42. The number of benzene rings is 10. The molecule has 266 valence electrons. The van der Waals surface area contributed by atoms with Gasteiger partial charge < -0.3 is 9.64 Å². The predicted octanol–water partition coefficient (Wildman–Crippen LogP) is 14.8. The van der Waals surface area contributed by atoms with Gasteiger partial charge in [-0.05, 0) is 79.9 Å². The van der Waals surface area contributed by atoms with Crippen LogP contribution in [-0.2, 0) is 5.41 Å². The molecule has 1 unspecified atom stereocenters. The van der Waals surface area contributed by atoms with Gasteiger partial charge in [0.05, 0.1) is 16.8 Å². The minimum atomic E-state index is -0.565. The summed E-state index contributed by atoms with van der Waals surface area (Å²) in [5.74, 6) is 1.84. The highest BCUT2D eigenvalue weighted by Gasteiger charge is 2.52. The number of fused-ring (bicyclic) bond motifs is 13. The van der Waals surface area contributed by atoms with Crippen LogP contribution in [0.15, 0.2) is 212 Å². The van der Waals surface area contributed by atoms with Crippen LogP contribution in [0.2, 0.25) is 0 Å². The third kappa shape index (κ3) is 4.47. The van der Waals surface area contributed by atoms with Gasteiger partial charge in [0.1, 0.15) is 11.5 Å². The van der Waals surface area contributed by atoms with Crippen molar-refractivity contribution in [1.29, 1.82) is 0 Å². The Morgan fingerprint density at radius 3 is 1.79 bits per heavy atom. The number of para-hydroxylation sites is 2. The molecule has 2 heteroatoms. The first-order chi connectivity index (χ1) is 28.3. The van der Waals surface area contributed by atoms with Crippen LogP contribution in [-0.4, -0.2) is 0 Å². The molecule has 1 atom stereocenters. The van der Waals surface area contributed by atoms with Crippen molar-refractivity contribution in [2.75, 3.05) is 4.90 Å². The standard InChI is InChI=1S/C55H35NO/c1-2-19-38(20-3-1)56(50-30-14-18-36-16-4-6-21-39(36)50)51-35-33-42(41-23-8-9-24-43(41)51)44-26-15-29-48-53(44)45-25-10-11-27-46(45)55(48)47-28-12-13-31-52(47)57-54-40-22-7-5-17-37(40)32-34-49(54)55/h1-35H. The Morgan fingerprint density at radius 1 is 0.333 bits per heavy atom. The molecule has 10 aromatic carbocycles. The molecule has 0 radical (unpaired) electrons. The van der Waals surface area contributed by atoms with Gasteiger partial charge in [0.25, 0.3) is 0 Å². The molecule has 1 spiro atoms. The number of nitrogens with zero attached hydrogens (tertiary/aromatic N) is 1. The SMILES string of the molecule is c1ccc(N(c2cccc3ccccc23)c2ccc(-c3cccc4c3-c3ccccc3C43c4ccccc4Oc4c3ccc3ccccc43)c3ccccc23)cc1. The average molecular weight is 726 g/mol. The van der Waals surface area contributed by atoms with Crippen LogP contribution in [0.3, 0.4) is 0 Å². The Kier molecular flexibility index (Phi) is 6.88. The van der Waals surface area contributed by atoms with Crippen LogP contribution in [0, 0.1) is 0 Å². The van der Waals surface area contributed by atoms with E-state index in [9.17, 15) is 0 Å². The van der Waals surface area contributed by atoms with E-state index < -0.39 is 5.41 Å². The lowest BCUT2D eigenvalue weighted by atomic mass is 9.65. The third-order valence-corrected chi connectivity index (χ3v) is 12.3. The number of ether oxygens (including phenoxy) is 1. The van der Waals surface area contributed by atoms with Crippen molar-refractivity contribution in [2.45, 2.75) is 5.41 Å². The normalized spacial score (nSPS) is 14.9. The number of anilines is 3. The van der Waals surface area contributed by atoms with E-state index in [0.29, 0.717) is 0 Å². The first-order valence-electron chi connectivity index (χ1n) is 19.7. The van der Waals surface area contributed by atoms with Gasteiger partial charge in [0.2, 0.25) is 0 Å². The van der Waals surface area contributed by atoms with E-state index in [1.165, 1.54) is 71.4 Å². The van der Waals surface area contributed by atoms with E-state index >= 15 is 0 Å². The van der Waals surface area contributed by atoms with E-state index in [1.54, 1.807) is 0 Å². The van der Waals surface area contributed by atoms with E-state index in [4.69, 9.17) is 4.74 Å². The minimum Gasteiger partial charge on any atom is -0.456 e. The summed E-state index contributed by atoms with van der Waals surface area (Å²) in [4.78, 5) is 2.42. The first-order valence-corrected chi connectivity index (χ1v) is 19.7. The summed E-state index contributed by atoms with van der Waals surface area (Å²) in [5, 5.41) is 7.13. The molecule has 57 heavy (non-hydrogen) atoms. The lowest BCUT2D eigenvalue weighted by Gasteiger charge is -2.39. The van der Waals surface area contributed by atoms with E-state index in [1.807, 2.05) is 0 Å². The van der Waals surface area contributed by atoms with Crippen LogP contribution in [0.5, 0.6) is 11.5 Å². The second kappa shape index (κ2) is 12.3. The lowest BCUT2D eigenvalue weighted by Crippen LogP contribution is -2.32. The van der Waals surface area contributed by atoms with Gasteiger partial charge in [-0.2, -0.15) is 0 Å². The van der Waals surface area contributed by atoms with Gasteiger partial charge in [-0.3, -0.25) is 0 Å². The maximum atomic E-state index is 6.91. The topological polar surface area (TPSA) is 12.5 Å². The average Bonchev–Trinajstić information content (AvgIpc) is 3.58. The van der Waals surface area contributed by atoms with Crippen molar-refractivity contribution in [3.8, 4) is 33.8 Å². The summed E-state index contributed by atoms with van der Waals surface area (Å²) in [7, 11) is 0. The summed E-state index contributed by atoms with van der Waals surface area (Å²) in [6.45, 7) is 0. The highest BCUT2D eigenvalue weighted by molar-refractivity contribution is 6.11. The fourth-order valence-electron chi connectivity index (χ4n) is 10.0. The smallest absolute Gasteiger partial charge is 0.140 e. The van der Waals surface area contributed by atoms with Gasteiger partial charge in [0.15, 0.2) is 0 Å². The van der Waals surface area contributed by atoms with Gasteiger partial charge in [0, 0.05) is 33.0 Å². The highest BCUT2D eigenvalue weighted by Crippen LogP contribution is 2.64. The molecule has 0 saturated carbocycles. The van der Waals surface area contributed by atoms with Crippen molar-refractivity contribution in [1.82, 2.24) is 0 Å². The number of hydrogen-bond donors (Lipinski definition) is 0. The van der Waals surface area contributed by atoms with Crippen LogP contribution in [0.4, 0.5) is 17.1 Å². The van der Waals surface area contributed by atoms with Crippen molar-refractivity contribution < 1.29 is 4.74 Å².